The van der Waals surface area contributed by atoms with Gasteiger partial charge >= 0.3 is 6.09 Å². The van der Waals surface area contributed by atoms with Gasteiger partial charge in [0.2, 0.25) is 0 Å². The number of carbonyl (C=O) groups is 1. The molecule has 1 aromatic heterocycles. The molecule has 1 saturated heterocycles. The van der Waals surface area contributed by atoms with E-state index in [1.165, 1.54) is 0 Å². The lowest BCUT2D eigenvalue weighted by Gasteiger charge is -2.22. The van der Waals surface area contributed by atoms with Crippen molar-refractivity contribution >= 4 is 27.7 Å². The molecule has 2 aromatic rings. The van der Waals surface area contributed by atoms with Gasteiger partial charge in [-0.15, -0.1) is 0 Å². The van der Waals surface area contributed by atoms with Crippen LogP contribution in [0.3, 0.4) is 0 Å². The van der Waals surface area contributed by atoms with Crippen LogP contribution in [0.15, 0.2) is 41.4 Å². The van der Waals surface area contributed by atoms with Gasteiger partial charge in [0.25, 0.3) is 0 Å². The quantitative estimate of drug-likeness (QED) is 0.815. The van der Waals surface area contributed by atoms with E-state index in [-0.39, 0.29) is 6.54 Å². The van der Waals surface area contributed by atoms with E-state index in [2.05, 4.69) is 26.2 Å². The number of aromatic nitrogens is 2. The lowest BCUT2D eigenvalue weighted by Crippen LogP contribution is -2.44. The van der Waals surface area contributed by atoms with Gasteiger partial charge < -0.3 is 19.5 Å². The summed E-state index contributed by atoms with van der Waals surface area (Å²) >= 11 is 3.33. The minimum absolute atomic E-state index is 0.220. The van der Waals surface area contributed by atoms with Crippen molar-refractivity contribution in [3.8, 4) is 5.69 Å². The molecule has 0 radical (unpaired) electrons. The van der Waals surface area contributed by atoms with Gasteiger partial charge in [-0.2, -0.15) is 0 Å². The predicted molar refractivity (Wildman–Crippen MR) is 102 cm³/mol. The van der Waals surface area contributed by atoms with Crippen LogP contribution in [0.4, 0.5) is 14.9 Å². The third-order valence-electron chi connectivity index (χ3n) is 3.99. The highest BCUT2D eigenvalue weighted by Crippen LogP contribution is 2.25. The van der Waals surface area contributed by atoms with E-state index < -0.39 is 23.9 Å². The highest BCUT2D eigenvalue weighted by Gasteiger charge is 2.35. The topological polar surface area (TPSA) is 59.4 Å². The maximum Gasteiger partial charge on any atom is 0.408 e. The Hall–Kier alpha value is -2.09. The first kappa shape index (κ1) is 18.7. The number of alkyl halides is 1. The van der Waals surface area contributed by atoms with Crippen LogP contribution in [0.1, 0.15) is 20.8 Å². The van der Waals surface area contributed by atoms with Crippen molar-refractivity contribution in [1.29, 1.82) is 0 Å². The van der Waals surface area contributed by atoms with Crippen molar-refractivity contribution in [2.24, 2.45) is 0 Å². The fourth-order valence-corrected chi connectivity index (χ4v) is 3.17. The molecule has 6 nitrogen and oxygen atoms in total. The number of halogens is 2. The summed E-state index contributed by atoms with van der Waals surface area (Å²) in [5, 5.41) is 2.64. The second-order valence-corrected chi connectivity index (χ2v) is 8.11. The van der Waals surface area contributed by atoms with E-state index in [0.29, 0.717) is 6.54 Å². The van der Waals surface area contributed by atoms with Crippen LogP contribution >= 0.6 is 15.9 Å². The molecular formula is C18H22BrFN4O2. The minimum Gasteiger partial charge on any atom is -0.444 e. The maximum atomic E-state index is 14.4. The number of carbonyl (C=O) groups excluding carboxylic acids is 1. The molecule has 1 fully saturated rings. The number of nitrogens with one attached hydrogen (secondary N) is 1. The zero-order valence-corrected chi connectivity index (χ0v) is 16.5. The molecule has 26 heavy (non-hydrogen) atoms. The first-order valence-electron chi connectivity index (χ1n) is 8.40. The maximum absolute atomic E-state index is 14.4. The third-order valence-corrected chi connectivity index (χ3v) is 4.40. The summed E-state index contributed by atoms with van der Waals surface area (Å²) in [6.07, 6.45) is 1.81. The number of nitrogens with zero attached hydrogens (tertiary/aromatic N) is 3. The Morgan fingerprint density at radius 3 is 2.73 bits per heavy atom. The Morgan fingerprint density at radius 2 is 2.08 bits per heavy atom. The van der Waals surface area contributed by atoms with E-state index in [1.54, 1.807) is 27.1 Å². The number of anilines is 1. The Labute approximate surface area is 160 Å². The minimum atomic E-state index is -1.16. The van der Waals surface area contributed by atoms with Gasteiger partial charge in [-0.25, -0.2) is 14.2 Å². The van der Waals surface area contributed by atoms with Crippen LogP contribution in [0.5, 0.6) is 0 Å². The first-order chi connectivity index (χ1) is 12.2. The second-order valence-electron chi connectivity index (χ2n) is 7.30. The molecule has 0 unspecified atom stereocenters. The number of benzene rings is 1. The van der Waals surface area contributed by atoms with Crippen molar-refractivity contribution < 1.29 is 13.9 Å². The molecule has 1 aromatic carbocycles. The van der Waals surface area contributed by atoms with E-state index in [9.17, 15) is 9.18 Å². The Bertz CT molecular complexity index is 789. The number of rotatable bonds is 3. The number of alkyl carbamates (subject to hydrolysis) is 1. The summed E-state index contributed by atoms with van der Waals surface area (Å²) in [7, 11) is 0. The highest BCUT2D eigenvalue weighted by molar-refractivity contribution is 9.10. The van der Waals surface area contributed by atoms with Gasteiger partial charge in [0.05, 0.1) is 12.6 Å². The van der Waals surface area contributed by atoms with Crippen LogP contribution < -0.4 is 10.2 Å². The summed E-state index contributed by atoms with van der Waals surface area (Å²) in [6, 6.07) is 7.17. The molecule has 1 aliphatic rings. The number of hydrogen-bond donors (Lipinski definition) is 1. The predicted octanol–water partition coefficient (Wildman–Crippen LogP) is 3.69. The van der Waals surface area contributed by atoms with Crippen molar-refractivity contribution in [3.63, 3.8) is 0 Å². The van der Waals surface area contributed by atoms with Crippen molar-refractivity contribution in [1.82, 2.24) is 14.9 Å². The van der Waals surface area contributed by atoms with Crippen LogP contribution in [-0.2, 0) is 4.74 Å². The summed E-state index contributed by atoms with van der Waals surface area (Å²) in [5.41, 5.74) is 1.21. The molecule has 2 heterocycles. The monoisotopic (exact) mass is 424 g/mol. The van der Waals surface area contributed by atoms with Gasteiger partial charge in [0.15, 0.2) is 0 Å². The summed E-state index contributed by atoms with van der Waals surface area (Å²) in [4.78, 5) is 18.0. The fourth-order valence-electron chi connectivity index (χ4n) is 2.86. The van der Waals surface area contributed by atoms with E-state index in [1.807, 2.05) is 39.9 Å². The summed E-state index contributed by atoms with van der Waals surface area (Å²) in [5.74, 6) is 0. The van der Waals surface area contributed by atoms with E-state index in [4.69, 9.17) is 4.74 Å². The number of hydrogen-bond acceptors (Lipinski definition) is 4. The van der Waals surface area contributed by atoms with Gasteiger partial charge in [-0.05, 0) is 54.9 Å². The summed E-state index contributed by atoms with van der Waals surface area (Å²) in [6.45, 7) is 5.94. The first-order valence-corrected chi connectivity index (χ1v) is 9.19. The molecule has 0 bridgehead atoms. The number of ether oxygens (including phenoxy) is 1. The fraction of sp³-hybridized carbons (Fsp3) is 0.444. The standard InChI is InChI=1S/C18H22BrFN4O2/c1-18(2,3)26-17(25)22-15-9-23(8-14(15)20)12-5-4-6-13(7-12)24-10-16(19)21-11-24/h4-7,10-11,14-15H,8-9H2,1-3H3,(H,22,25)/t14-,15+/m0/s1. The van der Waals surface area contributed by atoms with Crippen molar-refractivity contribution in [2.75, 3.05) is 18.0 Å². The zero-order chi connectivity index (χ0) is 18.9. The molecule has 1 N–H and O–H groups in total. The van der Waals surface area contributed by atoms with Crippen LogP contribution in [-0.4, -0.2) is 46.5 Å². The molecule has 1 amide bonds. The average molecular weight is 425 g/mol. The van der Waals surface area contributed by atoms with Crippen LogP contribution in [0, 0.1) is 0 Å². The molecule has 140 valence electrons. The molecular weight excluding hydrogens is 403 g/mol. The van der Waals surface area contributed by atoms with Gasteiger partial charge in [0.1, 0.15) is 22.7 Å². The van der Waals surface area contributed by atoms with Gasteiger partial charge in [-0.3, -0.25) is 0 Å². The SMILES string of the molecule is CC(C)(C)OC(=O)N[C@@H]1CN(c2cccc(-n3cnc(Br)c3)c2)C[C@@H]1F. The highest BCUT2D eigenvalue weighted by atomic mass is 79.9. The molecule has 3 rings (SSSR count). The van der Waals surface area contributed by atoms with E-state index >= 15 is 0 Å². The third kappa shape index (κ3) is 4.55. The van der Waals surface area contributed by atoms with Crippen molar-refractivity contribution in [2.45, 2.75) is 38.6 Å². The molecule has 8 heteroatoms. The van der Waals surface area contributed by atoms with Gasteiger partial charge in [0, 0.05) is 24.1 Å². The molecule has 1 aliphatic heterocycles. The lowest BCUT2D eigenvalue weighted by atomic mass is 10.2. The Kier molecular flexibility index (Phi) is 5.22. The molecule has 0 saturated carbocycles. The Balaban J connectivity index is 1.69. The molecule has 2 atom stereocenters. The van der Waals surface area contributed by atoms with Crippen molar-refractivity contribution in [3.05, 3.63) is 41.4 Å². The van der Waals surface area contributed by atoms with Crippen LogP contribution in [0.2, 0.25) is 0 Å². The largest absolute Gasteiger partial charge is 0.444 e. The van der Waals surface area contributed by atoms with E-state index in [0.717, 1.165) is 16.0 Å². The lowest BCUT2D eigenvalue weighted by molar-refractivity contribution is 0.0490. The zero-order valence-electron chi connectivity index (χ0n) is 14.9. The smallest absolute Gasteiger partial charge is 0.408 e. The number of imidazole rings is 1. The number of amides is 1. The molecule has 0 spiro atoms. The van der Waals surface area contributed by atoms with Gasteiger partial charge in [-0.1, -0.05) is 6.07 Å². The van der Waals surface area contributed by atoms with Crippen LogP contribution in [0.25, 0.3) is 5.69 Å². The molecule has 0 aliphatic carbocycles. The average Bonchev–Trinajstić information content (AvgIpc) is 3.12. The second kappa shape index (κ2) is 7.26. The summed E-state index contributed by atoms with van der Waals surface area (Å²) < 4.78 is 22.3. The normalized spacial score (nSPS) is 20.3. The Morgan fingerprint density at radius 1 is 1.35 bits per heavy atom.